The Labute approximate surface area is 119 Å². The SMILES string of the molecule is CCNC1CCC(C(C)(C)CC)CC1OC1CCC1. The first-order chi connectivity index (χ1) is 9.06. The van der Waals surface area contributed by atoms with Gasteiger partial charge in [-0.05, 0) is 56.4 Å². The van der Waals surface area contributed by atoms with Crippen LogP contribution >= 0.6 is 0 Å². The maximum absolute atomic E-state index is 6.40. The summed E-state index contributed by atoms with van der Waals surface area (Å²) in [5.41, 5.74) is 0.471. The van der Waals surface area contributed by atoms with E-state index in [0.29, 0.717) is 23.7 Å². The Morgan fingerprint density at radius 2 is 1.84 bits per heavy atom. The lowest BCUT2D eigenvalue weighted by Crippen LogP contribution is -2.49. The molecule has 0 saturated heterocycles. The lowest BCUT2D eigenvalue weighted by molar-refractivity contribution is -0.0961. The van der Waals surface area contributed by atoms with Gasteiger partial charge in [-0.2, -0.15) is 0 Å². The molecule has 0 radical (unpaired) electrons. The van der Waals surface area contributed by atoms with Gasteiger partial charge in [0.15, 0.2) is 0 Å². The smallest absolute Gasteiger partial charge is 0.0734 e. The summed E-state index contributed by atoms with van der Waals surface area (Å²) in [5.74, 6) is 0.831. The molecule has 19 heavy (non-hydrogen) atoms. The van der Waals surface area contributed by atoms with Crippen LogP contribution in [0, 0.1) is 11.3 Å². The molecule has 2 aliphatic rings. The summed E-state index contributed by atoms with van der Waals surface area (Å²) in [6.07, 6.45) is 10.2. The highest BCUT2D eigenvalue weighted by molar-refractivity contribution is 4.91. The van der Waals surface area contributed by atoms with Gasteiger partial charge in [0.25, 0.3) is 0 Å². The Morgan fingerprint density at radius 3 is 2.37 bits per heavy atom. The molecule has 3 atom stereocenters. The molecule has 0 bridgehead atoms. The van der Waals surface area contributed by atoms with Crippen molar-refractivity contribution in [1.82, 2.24) is 5.32 Å². The summed E-state index contributed by atoms with van der Waals surface area (Å²) in [5, 5.41) is 3.65. The lowest BCUT2D eigenvalue weighted by atomic mass is 9.68. The Hall–Kier alpha value is -0.0800. The molecule has 2 fully saturated rings. The molecule has 0 aromatic carbocycles. The minimum Gasteiger partial charge on any atom is -0.373 e. The Bertz CT molecular complexity index is 272. The first-order valence-corrected chi connectivity index (χ1v) is 8.45. The quantitative estimate of drug-likeness (QED) is 0.781. The van der Waals surface area contributed by atoms with Crippen LogP contribution in [-0.2, 0) is 4.74 Å². The van der Waals surface area contributed by atoms with Crippen LogP contribution in [0.1, 0.15) is 72.6 Å². The topological polar surface area (TPSA) is 21.3 Å². The fourth-order valence-corrected chi connectivity index (χ4v) is 3.53. The van der Waals surface area contributed by atoms with Gasteiger partial charge in [-0.3, -0.25) is 0 Å². The predicted molar refractivity (Wildman–Crippen MR) is 81.4 cm³/mol. The van der Waals surface area contributed by atoms with E-state index < -0.39 is 0 Å². The monoisotopic (exact) mass is 267 g/mol. The molecule has 0 aromatic heterocycles. The molecule has 2 rings (SSSR count). The highest BCUT2D eigenvalue weighted by Crippen LogP contribution is 2.42. The van der Waals surface area contributed by atoms with Crippen molar-refractivity contribution in [2.75, 3.05) is 6.54 Å². The van der Waals surface area contributed by atoms with Crippen LogP contribution in [-0.4, -0.2) is 24.8 Å². The third kappa shape index (κ3) is 3.72. The molecular weight excluding hydrogens is 234 g/mol. The standard InChI is InChI=1S/C17H33NO/c1-5-17(3,4)13-10-11-15(18-6-2)16(12-13)19-14-8-7-9-14/h13-16,18H,5-12H2,1-4H3. The molecule has 2 nitrogen and oxygen atoms in total. The number of nitrogens with one attached hydrogen (secondary N) is 1. The summed E-state index contributed by atoms with van der Waals surface area (Å²) in [6, 6.07) is 0.592. The highest BCUT2D eigenvalue weighted by Gasteiger charge is 2.38. The van der Waals surface area contributed by atoms with E-state index in [9.17, 15) is 0 Å². The second kappa shape index (κ2) is 6.58. The third-order valence-corrected chi connectivity index (χ3v) is 5.69. The molecule has 2 saturated carbocycles. The minimum absolute atomic E-state index is 0.454. The summed E-state index contributed by atoms with van der Waals surface area (Å²) < 4.78 is 6.40. The molecule has 3 unspecified atom stereocenters. The molecule has 0 amide bonds. The van der Waals surface area contributed by atoms with Crippen LogP contribution in [0.3, 0.4) is 0 Å². The van der Waals surface area contributed by atoms with Crippen LogP contribution in [0.25, 0.3) is 0 Å². The first kappa shape index (κ1) is 15.3. The Kier molecular flexibility index (Phi) is 5.30. The maximum atomic E-state index is 6.40. The molecule has 0 heterocycles. The van der Waals surface area contributed by atoms with E-state index in [1.54, 1.807) is 0 Å². The number of hydrogen-bond donors (Lipinski definition) is 1. The van der Waals surface area contributed by atoms with Crippen molar-refractivity contribution in [2.45, 2.75) is 90.9 Å². The highest BCUT2D eigenvalue weighted by atomic mass is 16.5. The normalized spacial score (nSPS) is 33.2. The number of ether oxygens (including phenoxy) is 1. The van der Waals surface area contributed by atoms with Crippen LogP contribution in [0.4, 0.5) is 0 Å². The van der Waals surface area contributed by atoms with Gasteiger partial charge in [0.05, 0.1) is 12.2 Å². The zero-order chi connectivity index (χ0) is 13.9. The summed E-state index contributed by atoms with van der Waals surface area (Å²) in [7, 11) is 0. The second-order valence-corrected chi connectivity index (χ2v) is 7.24. The van der Waals surface area contributed by atoms with Crippen molar-refractivity contribution in [3.05, 3.63) is 0 Å². The summed E-state index contributed by atoms with van der Waals surface area (Å²) in [6.45, 7) is 10.5. The van der Waals surface area contributed by atoms with Crippen molar-refractivity contribution >= 4 is 0 Å². The van der Waals surface area contributed by atoms with Crippen molar-refractivity contribution in [3.8, 4) is 0 Å². The fraction of sp³-hybridized carbons (Fsp3) is 1.00. The van der Waals surface area contributed by atoms with Gasteiger partial charge in [-0.15, -0.1) is 0 Å². The molecule has 2 heteroatoms. The molecule has 2 aliphatic carbocycles. The molecular formula is C17H33NO. The number of rotatable bonds is 6. The van der Waals surface area contributed by atoms with Gasteiger partial charge < -0.3 is 10.1 Å². The lowest BCUT2D eigenvalue weighted by Gasteiger charge is -2.45. The van der Waals surface area contributed by atoms with Gasteiger partial charge in [0, 0.05) is 6.04 Å². The maximum Gasteiger partial charge on any atom is 0.0734 e. The zero-order valence-electron chi connectivity index (χ0n) is 13.4. The van der Waals surface area contributed by atoms with E-state index in [2.05, 4.69) is 33.0 Å². The number of hydrogen-bond acceptors (Lipinski definition) is 2. The minimum atomic E-state index is 0.454. The fourth-order valence-electron chi connectivity index (χ4n) is 3.53. The zero-order valence-corrected chi connectivity index (χ0v) is 13.4. The molecule has 1 N–H and O–H groups in total. The van der Waals surface area contributed by atoms with Crippen molar-refractivity contribution in [1.29, 1.82) is 0 Å². The van der Waals surface area contributed by atoms with Crippen molar-refractivity contribution in [3.63, 3.8) is 0 Å². The molecule has 112 valence electrons. The van der Waals surface area contributed by atoms with Gasteiger partial charge in [0.2, 0.25) is 0 Å². The van der Waals surface area contributed by atoms with Gasteiger partial charge in [-0.1, -0.05) is 34.1 Å². The summed E-state index contributed by atoms with van der Waals surface area (Å²) >= 11 is 0. The van der Waals surface area contributed by atoms with Gasteiger partial charge in [0.1, 0.15) is 0 Å². The van der Waals surface area contributed by atoms with Crippen molar-refractivity contribution < 1.29 is 4.74 Å². The second-order valence-electron chi connectivity index (χ2n) is 7.24. The van der Waals surface area contributed by atoms with Gasteiger partial charge >= 0.3 is 0 Å². The van der Waals surface area contributed by atoms with Crippen LogP contribution in [0.2, 0.25) is 0 Å². The van der Waals surface area contributed by atoms with E-state index >= 15 is 0 Å². The van der Waals surface area contributed by atoms with E-state index in [1.165, 1.54) is 44.9 Å². The predicted octanol–water partition coefficient (Wildman–Crippen LogP) is 4.14. The van der Waals surface area contributed by atoms with E-state index in [0.717, 1.165) is 12.5 Å². The average Bonchev–Trinajstić information content (AvgIpc) is 2.35. The van der Waals surface area contributed by atoms with Crippen LogP contribution in [0.15, 0.2) is 0 Å². The van der Waals surface area contributed by atoms with E-state index in [1.807, 2.05) is 0 Å². The van der Waals surface area contributed by atoms with E-state index in [-0.39, 0.29) is 0 Å². The molecule has 0 aliphatic heterocycles. The largest absolute Gasteiger partial charge is 0.373 e. The van der Waals surface area contributed by atoms with Crippen molar-refractivity contribution in [2.24, 2.45) is 11.3 Å². The molecule has 0 spiro atoms. The third-order valence-electron chi connectivity index (χ3n) is 5.69. The number of likely N-dealkylation sites (N-methyl/N-ethyl adjacent to an activating group) is 1. The first-order valence-electron chi connectivity index (χ1n) is 8.45. The van der Waals surface area contributed by atoms with E-state index in [4.69, 9.17) is 4.74 Å². The Balaban J connectivity index is 1.95. The molecule has 0 aromatic rings. The Morgan fingerprint density at radius 1 is 1.11 bits per heavy atom. The summed E-state index contributed by atoms with van der Waals surface area (Å²) in [4.78, 5) is 0. The average molecular weight is 267 g/mol. The van der Waals surface area contributed by atoms with Crippen LogP contribution in [0.5, 0.6) is 0 Å². The van der Waals surface area contributed by atoms with Crippen LogP contribution < -0.4 is 5.32 Å². The van der Waals surface area contributed by atoms with Gasteiger partial charge in [-0.25, -0.2) is 0 Å².